The lowest BCUT2D eigenvalue weighted by atomic mass is 10.00. The number of aryl methyl sites for hydroxylation is 1. The van der Waals surface area contributed by atoms with Gasteiger partial charge in [-0.3, -0.25) is 0 Å². The van der Waals surface area contributed by atoms with E-state index in [1.807, 2.05) is 17.5 Å². The number of benzene rings is 1. The van der Waals surface area contributed by atoms with Gasteiger partial charge in [-0.2, -0.15) is 13.2 Å². The van der Waals surface area contributed by atoms with Crippen LogP contribution in [0, 0.1) is 5.82 Å². The predicted octanol–water partition coefficient (Wildman–Crippen LogP) is 4.93. The summed E-state index contributed by atoms with van der Waals surface area (Å²) in [6, 6.07) is 6.42. The van der Waals surface area contributed by atoms with E-state index in [-0.39, 0.29) is 0 Å². The van der Waals surface area contributed by atoms with Crippen molar-refractivity contribution in [3.8, 4) is 0 Å². The van der Waals surface area contributed by atoms with Gasteiger partial charge in [-0.05, 0) is 48.4 Å². The maximum atomic E-state index is 13.5. The zero-order valence-electron chi connectivity index (χ0n) is 11.2. The Kier molecular flexibility index (Phi) is 5.00. The van der Waals surface area contributed by atoms with Crippen LogP contribution in [-0.4, -0.2) is 0 Å². The highest BCUT2D eigenvalue weighted by Crippen LogP contribution is 2.32. The van der Waals surface area contributed by atoms with Gasteiger partial charge in [0.05, 0.1) is 5.56 Å². The lowest BCUT2D eigenvalue weighted by Gasteiger charge is -2.14. The molecule has 1 unspecified atom stereocenters. The first-order chi connectivity index (χ1) is 9.88. The van der Waals surface area contributed by atoms with Crippen molar-refractivity contribution in [1.29, 1.82) is 0 Å². The summed E-state index contributed by atoms with van der Waals surface area (Å²) in [5.41, 5.74) is 5.06. The third-order valence-electron chi connectivity index (χ3n) is 3.25. The van der Waals surface area contributed by atoms with Crippen LogP contribution in [0.25, 0.3) is 0 Å². The van der Waals surface area contributed by atoms with Crippen molar-refractivity contribution < 1.29 is 17.6 Å². The molecule has 6 heteroatoms. The van der Waals surface area contributed by atoms with Gasteiger partial charge in [0.25, 0.3) is 0 Å². The fourth-order valence-electron chi connectivity index (χ4n) is 2.11. The van der Waals surface area contributed by atoms with E-state index in [0.29, 0.717) is 12.0 Å². The molecule has 114 valence electrons. The third kappa shape index (κ3) is 4.28. The number of rotatable bonds is 5. The minimum Gasteiger partial charge on any atom is -0.324 e. The molecule has 21 heavy (non-hydrogen) atoms. The molecule has 0 bridgehead atoms. The molecule has 0 saturated carbocycles. The van der Waals surface area contributed by atoms with Crippen LogP contribution >= 0.6 is 11.3 Å². The highest BCUT2D eigenvalue weighted by Gasteiger charge is 2.34. The zero-order chi connectivity index (χ0) is 15.5. The maximum Gasteiger partial charge on any atom is 0.419 e. The van der Waals surface area contributed by atoms with Gasteiger partial charge in [0.2, 0.25) is 0 Å². The van der Waals surface area contributed by atoms with Gasteiger partial charge in [-0.25, -0.2) is 4.39 Å². The first-order valence-corrected chi connectivity index (χ1v) is 7.40. The fourth-order valence-corrected chi connectivity index (χ4v) is 2.86. The predicted molar refractivity (Wildman–Crippen MR) is 75.6 cm³/mol. The van der Waals surface area contributed by atoms with Gasteiger partial charge in [0.1, 0.15) is 5.82 Å². The Balaban J connectivity index is 1.96. The van der Waals surface area contributed by atoms with E-state index < -0.39 is 23.6 Å². The van der Waals surface area contributed by atoms with Gasteiger partial charge in [-0.1, -0.05) is 12.1 Å². The Morgan fingerprint density at radius 1 is 1.19 bits per heavy atom. The molecule has 2 rings (SSSR count). The molecule has 0 aliphatic carbocycles. The Hall–Kier alpha value is -1.40. The molecule has 1 atom stereocenters. The van der Waals surface area contributed by atoms with Crippen molar-refractivity contribution in [2.75, 3.05) is 0 Å². The molecule has 1 heterocycles. The van der Waals surface area contributed by atoms with Crippen molar-refractivity contribution >= 4 is 11.3 Å². The van der Waals surface area contributed by atoms with Gasteiger partial charge in [0, 0.05) is 10.9 Å². The molecular weight excluding hydrogens is 302 g/mol. The Labute approximate surface area is 124 Å². The summed E-state index contributed by atoms with van der Waals surface area (Å²) < 4.78 is 50.9. The first kappa shape index (κ1) is 16.0. The van der Waals surface area contributed by atoms with Crippen molar-refractivity contribution in [3.63, 3.8) is 0 Å². The van der Waals surface area contributed by atoms with Crippen molar-refractivity contribution in [3.05, 3.63) is 57.5 Å². The van der Waals surface area contributed by atoms with Gasteiger partial charge < -0.3 is 5.73 Å². The summed E-state index contributed by atoms with van der Waals surface area (Å²) in [4.78, 5) is 1.24. The summed E-state index contributed by atoms with van der Waals surface area (Å²) in [6.45, 7) is 0. The van der Waals surface area contributed by atoms with Crippen molar-refractivity contribution in [2.24, 2.45) is 5.73 Å². The van der Waals surface area contributed by atoms with E-state index in [4.69, 9.17) is 5.73 Å². The van der Waals surface area contributed by atoms with Crippen molar-refractivity contribution in [1.82, 2.24) is 0 Å². The summed E-state index contributed by atoms with van der Waals surface area (Å²) in [5, 5.41) is 1.99. The average Bonchev–Trinajstić information content (AvgIpc) is 2.90. The van der Waals surface area contributed by atoms with Crippen LogP contribution in [0.4, 0.5) is 17.6 Å². The number of nitrogens with two attached hydrogens (primary N) is 1. The normalized spacial score (nSPS) is 13.4. The molecule has 0 radical (unpaired) electrons. The molecule has 1 aromatic carbocycles. The largest absolute Gasteiger partial charge is 0.419 e. The smallest absolute Gasteiger partial charge is 0.324 e. The summed E-state index contributed by atoms with van der Waals surface area (Å²) in [6.07, 6.45) is -2.40. The first-order valence-electron chi connectivity index (χ1n) is 6.52. The topological polar surface area (TPSA) is 26.0 Å². The number of thiophene rings is 1. The molecule has 2 N–H and O–H groups in total. The Morgan fingerprint density at radius 2 is 1.95 bits per heavy atom. The second kappa shape index (κ2) is 6.58. The third-order valence-corrected chi connectivity index (χ3v) is 4.18. The Bertz CT molecular complexity index is 578. The van der Waals surface area contributed by atoms with E-state index in [1.54, 1.807) is 11.3 Å². The number of hydrogen-bond donors (Lipinski definition) is 1. The molecular formula is C15H15F4NS. The van der Waals surface area contributed by atoms with Gasteiger partial charge >= 0.3 is 6.18 Å². The number of hydrogen-bond acceptors (Lipinski definition) is 2. The molecule has 0 aliphatic heterocycles. The van der Waals surface area contributed by atoms with Crippen LogP contribution in [0.5, 0.6) is 0 Å². The summed E-state index contributed by atoms with van der Waals surface area (Å²) in [7, 11) is 0. The molecule has 0 amide bonds. The molecule has 0 saturated heterocycles. The molecule has 1 aromatic heterocycles. The minimum absolute atomic E-state index is 0.395. The lowest BCUT2D eigenvalue weighted by molar-refractivity contribution is -0.140. The van der Waals surface area contributed by atoms with Crippen LogP contribution in [0.15, 0.2) is 35.7 Å². The highest BCUT2D eigenvalue weighted by atomic mass is 32.1. The van der Waals surface area contributed by atoms with E-state index in [9.17, 15) is 17.6 Å². The fraction of sp³-hybridized carbons (Fsp3) is 0.333. The quantitative estimate of drug-likeness (QED) is 0.778. The highest BCUT2D eigenvalue weighted by molar-refractivity contribution is 7.09. The van der Waals surface area contributed by atoms with E-state index in [1.165, 1.54) is 10.9 Å². The van der Waals surface area contributed by atoms with Crippen LogP contribution in [-0.2, 0) is 12.6 Å². The molecule has 0 aliphatic rings. The second-order valence-electron chi connectivity index (χ2n) is 4.82. The van der Waals surface area contributed by atoms with Gasteiger partial charge in [-0.15, -0.1) is 11.3 Å². The molecule has 1 nitrogen and oxygen atoms in total. The van der Waals surface area contributed by atoms with Crippen LogP contribution in [0.1, 0.15) is 34.9 Å². The van der Waals surface area contributed by atoms with E-state index >= 15 is 0 Å². The number of alkyl halides is 3. The van der Waals surface area contributed by atoms with E-state index in [2.05, 4.69) is 0 Å². The molecule has 0 spiro atoms. The minimum atomic E-state index is -4.67. The van der Waals surface area contributed by atoms with Crippen LogP contribution in [0.3, 0.4) is 0 Å². The SMILES string of the molecule is NC(CCCc1cccs1)c1ccc(C(F)(F)F)c(F)c1. The van der Waals surface area contributed by atoms with Crippen LogP contribution in [0.2, 0.25) is 0 Å². The molecule has 2 aromatic rings. The second-order valence-corrected chi connectivity index (χ2v) is 5.85. The number of halogens is 4. The zero-order valence-corrected chi connectivity index (χ0v) is 12.0. The lowest BCUT2D eigenvalue weighted by Crippen LogP contribution is -2.13. The average molecular weight is 317 g/mol. The maximum absolute atomic E-state index is 13.5. The molecule has 0 fully saturated rings. The van der Waals surface area contributed by atoms with Crippen molar-refractivity contribution in [2.45, 2.75) is 31.5 Å². The van der Waals surface area contributed by atoms with Gasteiger partial charge in [0.15, 0.2) is 0 Å². The van der Waals surface area contributed by atoms with E-state index in [0.717, 1.165) is 25.0 Å². The Morgan fingerprint density at radius 3 is 2.52 bits per heavy atom. The monoisotopic (exact) mass is 317 g/mol. The summed E-state index contributed by atoms with van der Waals surface area (Å²) in [5.74, 6) is -1.27. The summed E-state index contributed by atoms with van der Waals surface area (Å²) >= 11 is 1.65. The van der Waals surface area contributed by atoms with Crippen LogP contribution < -0.4 is 5.73 Å². The standard InChI is InChI=1S/C15H15F4NS/c16-13-9-10(6-7-12(13)15(17,18)19)14(20)5-1-3-11-4-2-8-21-11/h2,4,6-9,14H,1,3,5,20H2.